The first-order chi connectivity index (χ1) is 11.5. The van der Waals surface area contributed by atoms with Crippen LogP contribution in [0.15, 0.2) is 29.2 Å². The molecule has 136 valence electrons. The van der Waals surface area contributed by atoms with E-state index in [0.29, 0.717) is 19.0 Å². The molecule has 0 amide bonds. The molecule has 8 heteroatoms. The Hall–Kier alpha value is -1.19. The average Bonchev–Trinajstić information content (AvgIpc) is 3.03. The van der Waals surface area contributed by atoms with E-state index in [2.05, 4.69) is 10.0 Å². The van der Waals surface area contributed by atoms with Gasteiger partial charge in [-0.1, -0.05) is 12.1 Å². The zero-order chi connectivity index (χ0) is 17.5. The second kappa shape index (κ2) is 8.77. The van der Waals surface area contributed by atoms with Gasteiger partial charge in [0, 0.05) is 20.8 Å². The molecule has 0 bridgehead atoms. The number of hydrogen-bond acceptors (Lipinski definition) is 6. The number of para-hydroxylation sites is 1. The molecule has 0 spiro atoms. The molecule has 0 saturated carbocycles. The van der Waals surface area contributed by atoms with Gasteiger partial charge in [0.05, 0.1) is 18.8 Å². The molecule has 1 aromatic carbocycles. The molecule has 1 aliphatic rings. The van der Waals surface area contributed by atoms with Crippen molar-refractivity contribution in [3.05, 3.63) is 24.3 Å². The third kappa shape index (κ3) is 4.90. The Balaban J connectivity index is 2.09. The summed E-state index contributed by atoms with van der Waals surface area (Å²) in [6, 6.07) is 6.60. The first-order valence-corrected chi connectivity index (χ1v) is 9.46. The summed E-state index contributed by atoms with van der Waals surface area (Å²) in [4.78, 5) is 0.131. The highest BCUT2D eigenvalue weighted by atomic mass is 32.2. The molecule has 0 radical (unpaired) electrons. The van der Waals surface area contributed by atoms with E-state index < -0.39 is 10.0 Å². The van der Waals surface area contributed by atoms with E-state index in [1.165, 1.54) is 6.07 Å². The van der Waals surface area contributed by atoms with Crippen LogP contribution in [0.25, 0.3) is 0 Å². The van der Waals surface area contributed by atoms with Crippen molar-refractivity contribution in [2.45, 2.75) is 23.3 Å². The lowest BCUT2D eigenvalue weighted by Crippen LogP contribution is -2.52. The Bertz CT molecular complexity index is 615. The molecular formula is C16H26N2O5S. The largest absolute Gasteiger partial charge is 0.490 e. The second-order valence-corrected chi connectivity index (χ2v) is 7.59. The van der Waals surface area contributed by atoms with Crippen LogP contribution in [0.4, 0.5) is 0 Å². The summed E-state index contributed by atoms with van der Waals surface area (Å²) >= 11 is 0. The zero-order valence-corrected chi connectivity index (χ0v) is 15.0. The van der Waals surface area contributed by atoms with Crippen LogP contribution in [0.2, 0.25) is 0 Å². The fourth-order valence-electron chi connectivity index (χ4n) is 2.81. The minimum Gasteiger partial charge on any atom is -0.490 e. The molecule has 0 aliphatic carbocycles. The molecule has 1 aromatic rings. The molecule has 1 saturated heterocycles. The quantitative estimate of drug-likeness (QED) is 0.601. The average molecular weight is 358 g/mol. The topological polar surface area (TPSA) is 85.9 Å². The number of hydrogen-bond donors (Lipinski definition) is 2. The highest BCUT2D eigenvalue weighted by Crippen LogP contribution is 2.24. The Morgan fingerprint density at radius 3 is 2.67 bits per heavy atom. The van der Waals surface area contributed by atoms with E-state index in [1.807, 2.05) is 0 Å². The number of methoxy groups -OCH3 is 2. The zero-order valence-electron chi connectivity index (χ0n) is 14.2. The maximum atomic E-state index is 12.7. The van der Waals surface area contributed by atoms with Crippen LogP contribution in [-0.4, -0.2) is 61.1 Å². The van der Waals surface area contributed by atoms with Crippen molar-refractivity contribution in [1.82, 2.24) is 10.0 Å². The fraction of sp³-hybridized carbons (Fsp3) is 0.625. The Kier molecular flexibility index (Phi) is 7.00. The Morgan fingerprint density at radius 2 is 2.00 bits per heavy atom. The SMILES string of the molecule is COCCOc1ccccc1S(=O)(=O)NCC1(COC)CCCN1. The van der Waals surface area contributed by atoms with Gasteiger partial charge in [0.15, 0.2) is 0 Å². The fourth-order valence-corrected chi connectivity index (χ4v) is 4.08. The van der Waals surface area contributed by atoms with Crippen LogP contribution in [-0.2, 0) is 19.5 Å². The normalized spacial score (nSPS) is 21.1. The van der Waals surface area contributed by atoms with Crippen molar-refractivity contribution in [2.75, 3.05) is 47.1 Å². The molecule has 7 nitrogen and oxygen atoms in total. The van der Waals surface area contributed by atoms with Crippen LogP contribution < -0.4 is 14.8 Å². The minimum atomic E-state index is -3.68. The lowest BCUT2D eigenvalue weighted by molar-refractivity contribution is 0.122. The van der Waals surface area contributed by atoms with E-state index in [1.54, 1.807) is 32.4 Å². The number of benzene rings is 1. The van der Waals surface area contributed by atoms with E-state index in [-0.39, 0.29) is 23.6 Å². The van der Waals surface area contributed by atoms with Gasteiger partial charge in [-0.25, -0.2) is 13.1 Å². The standard InChI is InChI=1S/C16H26N2O5S/c1-21-10-11-23-14-6-3-4-7-15(14)24(19,20)18-12-16(13-22-2)8-5-9-17-16/h3-4,6-7,17-18H,5,8-13H2,1-2H3. The van der Waals surface area contributed by atoms with Crippen molar-refractivity contribution in [3.63, 3.8) is 0 Å². The van der Waals surface area contributed by atoms with Gasteiger partial charge in [0.1, 0.15) is 17.3 Å². The van der Waals surface area contributed by atoms with E-state index in [0.717, 1.165) is 19.4 Å². The van der Waals surface area contributed by atoms with Crippen molar-refractivity contribution in [3.8, 4) is 5.75 Å². The monoisotopic (exact) mass is 358 g/mol. The third-order valence-electron chi connectivity index (χ3n) is 4.04. The van der Waals surface area contributed by atoms with Gasteiger partial charge in [-0.05, 0) is 31.5 Å². The van der Waals surface area contributed by atoms with Gasteiger partial charge in [0.2, 0.25) is 10.0 Å². The molecule has 2 rings (SSSR count). The van der Waals surface area contributed by atoms with E-state index >= 15 is 0 Å². The molecule has 1 unspecified atom stereocenters. The lowest BCUT2D eigenvalue weighted by atomic mass is 9.99. The van der Waals surface area contributed by atoms with E-state index in [9.17, 15) is 8.42 Å². The van der Waals surface area contributed by atoms with Crippen LogP contribution in [0.3, 0.4) is 0 Å². The lowest BCUT2D eigenvalue weighted by Gasteiger charge is -2.29. The predicted molar refractivity (Wildman–Crippen MR) is 90.8 cm³/mol. The van der Waals surface area contributed by atoms with Crippen molar-refractivity contribution in [1.29, 1.82) is 0 Å². The number of nitrogens with one attached hydrogen (secondary N) is 2. The van der Waals surface area contributed by atoms with Crippen LogP contribution in [0, 0.1) is 0 Å². The first kappa shape index (κ1) is 19.1. The molecule has 2 N–H and O–H groups in total. The van der Waals surface area contributed by atoms with Gasteiger partial charge in [-0.2, -0.15) is 0 Å². The molecule has 0 aromatic heterocycles. The Morgan fingerprint density at radius 1 is 1.21 bits per heavy atom. The molecule has 24 heavy (non-hydrogen) atoms. The predicted octanol–water partition coefficient (Wildman–Crippen LogP) is 0.759. The highest BCUT2D eigenvalue weighted by Gasteiger charge is 2.35. The highest BCUT2D eigenvalue weighted by molar-refractivity contribution is 7.89. The second-order valence-electron chi connectivity index (χ2n) is 5.86. The third-order valence-corrected chi connectivity index (χ3v) is 5.48. The number of rotatable bonds is 10. The van der Waals surface area contributed by atoms with Gasteiger partial charge in [-0.3, -0.25) is 0 Å². The molecular weight excluding hydrogens is 332 g/mol. The summed E-state index contributed by atoms with van der Waals surface area (Å²) in [5.41, 5.74) is -0.354. The summed E-state index contributed by atoms with van der Waals surface area (Å²) in [5, 5.41) is 3.35. The van der Waals surface area contributed by atoms with Crippen LogP contribution in [0.5, 0.6) is 5.75 Å². The molecule has 1 aliphatic heterocycles. The number of sulfonamides is 1. The summed E-state index contributed by atoms with van der Waals surface area (Å²) in [6.07, 6.45) is 1.87. The van der Waals surface area contributed by atoms with E-state index in [4.69, 9.17) is 14.2 Å². The maximum absolute atomic E-state index is 12.7. The molecule has 1 atom stereocenters. The van der Waals surface area contributed by atoms with Gasteiger partial charge in [0.25, 0.3) is 0 Å². The summed E-state index contributed by atoms with van der Waals surface area (Å²) in [7, 11) is -0.496. The van der Waals surface area contributed by atoms with Crippen LogP contribution >= 0.6 is 0 Å². The first-order valence-electron chi connectivity index (χ1n) is 7.97. The maximum Gasteiger partial charge on any atom is 0.244 e. The van der Waals surface area contributed by atoms with Crippen molar-refractivity contribution in [2.24, 2.45) is 0 Å². The summed E-state index contributed by atoms with van der Waals surface area (Å²) in [6.45, 7) is 2.28. The molecule has 1 fully saturated rings. The summed E-state index contributed by atoms with van der Waals surface area (Å²) < 4.78 is 43.8. The summed E-state index contributed by atoms with van der Waals surface area (Å²) in [5.74, 6) is 0.322. The van der Waals surface area contributed by atoms with Gasteiger partial charge in [-0.15, -0.1) is 0 Å². The van der Waals surface area contributed by atoms with Crippen LogP contribution in [0.1, 0.15) is 12.8 Å². The van der Waals surface area contributed by atoms with Gasteiger partial charge >= 0.3 is 0 Å². The Labute approximate surface area is 143 Å². The molecule has 1 heterocycles. The van der Waals surface area contributed by atoms with Crippen molar-refractivity contribution >= 4 is 10.0 Å². The smallest absolute Gasteiger partial charge is 0.244 e. The minimum absolute atomic E-state index is 0.131. The van der Waals surface area contributed by atoms with Gasteiger partial charge < -0.3 is 19.5 Å². The van der Waals surface area contributed by atoms with Crippen molar-refractivity contribution < 1.29 is 22.6 Å². The number of ether oxygens (including phenoxy) is 3.